The van der Waals surface area contributed by atoms with Gasteiger partial charge >= 0.3 is 6.01 Å². The highest BCUT2D eigenvalue weighted by atomic mass is 35.5. The molecule has 0 amide bonds. The van der Waals surface area contributed by atoms with Crippen LogP contribution >= 0.6 is 11.6 Å². The number of ketones is 1. The van der Waals surface area contributed by atoms with Gasteiger partial charge in [0.05, 0.1) is 6.04 Å². The number of nitrogens with two attached hydrogens (primary N) is 1. The van der Waals surface area contributed by atoms with Crippen LogP contribution in [0.5, 0.6) is 11.8 Å². The van der Waals surface area contributed by atoms with Gasteiger partial charge < -0.3 is 10.5 Å². The molecule has 1 fully saturated rings. The largest absolute Gasteiger partial charge is 0.422 e. The zero-order chi connectivity index (χ0) is 24.5. The molecule has 1 saturated carbocycles. The quantitative estimate of drug-likeness (QED) is 0.383. The van der Waals surface area contributed by atoms with Crippen molar-refractivity contribution in [2.24, 2.45) is 0 Å². The Balaban J connectivity index is 1.39. The van der Waals surface area contributed by atoms with E-state index in [0.717, 1.165) is 12.8 Å². The Bertz CT molecular complexity index is 1470. The first-order valence-electron chi connectivity index (χ1n) is 10.7. The van der Waals surface area contributed by atoms with Gasteiger partial charge in [0.1, 0.15) is 16.7 Å². The van der Waals surface area contributed by atoms with Gasteiger partial charge in [-0.15, -0.1) is 0 Å². The number of pyridine rings is 1. The van der Waals surface area contributed by atoms with Gasteiger partial charge in [-0.1, -0.05) is 23.7 Å². The first-order valence-corrected chi connectivity index (χ1v) is 11.1. The Morgan fingerprint density at radius 1 is 1.14 bits per heavy atom. The molecule has 0 saturated heterocycles. The van der Waals surface area contributed by atoms with E-state index in [0.29, 0.717) is 16.7 Å². The normalized spacial score (nSPS) is 13.0. The van der Waals surface area contributed by atoms with Crippen molar-refractivity contribution < 1.29 is 13.9 Å². The molecular weight excluding hydrogens is 475 g/mol. The van der Waals surface area contributed by atoms with Crippen molar-refractivity contribution in [1.29, 1.82) is 0 Å². The van der Waals surface area contributed by atoms with Crippen molar-refractivity contribution >= 4 is 23.2 Å². The second kappa shape index (κ2) is 9.22. The molecule has 35 heavy (non-hydrogen) atoms. The Morgan fingerprint density at radius 3 is 2.54 bits per heavy atom. The first kappa shape index (κ1) is 22.6. The minimum Gasteiger partial charge on any atom is -0.422 e. The highest BCUT2D eigenvalue weighted by Gasteiger charge is 2.27. The molecule has 0 unspecified atom stereocenters. The number of hydrogen-bond donors (Lipinski definition) is 1. The summed E-state index contributed by atoms with van der Waals surface area (Å²) in [5.41, 5.74) is 6.24. The molecule has 9 nitrogen and oxygen atoms in total. The predicted molar refractivity (Wildman–Crippen MR) is 126 cm³/mol. The van der Waals surface area contributed by atoms with Crippen LogP contribution in [0.2, 0.25) is 5.02 Å². The second-order valence-corrected chi connectivity index (χ2v) is 8.40. The molecule has 4 aromatic rings. The maximum absolute atomic E-state index is 13.4. The summed E-state index contributed by atoms with van der Waals surface area (Å²) in [7, 11) is 0. The van der Waals surface area contributed by atoms with Crippen LogP contribution in [0.1, 0.15) is 34.9 Å². The highest BCUT2D eigenvalue weighted by molar-refractivity contribution is 6.34. The van der Waals surface area contributed by atoms with E-state index in [4.69, 9.17) is 22.1 Å². The molecular formula is C24H18ClFN6O3. The number of rotatable bonds is 7. The Labute approximate surface area is 203 Å². The SMILES string of the molecule is Nc1nccc(Oc2ncc(CC(=O)c3nn(C4CC4)cc(-c4ccc(F)cc4)c3=O)cn2)c1Cl. The van der Waals surface area contributed by atoms with E-state index in [1.54, 1.807) is 10.9 Å². The average molecular weight is 493 g/mol. The summed E-state index contributed by atoms with van der Waals surface area (Å²) < 4.78 is 20.5. The van der Waals surface area contributed by atoms with E-state index in [9.17, 15) is 14.0 Å². The van der Waals surface area contributed by atoms with Gasteiger partial charge in [0, 0.05) is 42.8 Å². The third kappa shape index (κ3) is 4.87. The molecule has 11 heteroatoms. The third-order valence-electron chi connectivity index (χ3n) is 5.41. The van der Waals surface area contributed by atoms with Crippen LogP contribution in [0, 0.1) is 5.82 Å². The minimum atomic E-state index is -0.510. The van der Waals surface area contributed by atoms with Crippen LogP contribution in [0.15, 0.2) is 59.9 Å². The van der Waals surface area contributed by atoms with Crippen molar-refractivity contribution in [2.75, 3.05) is 5.73 Å². The van der Waals surface area contributed by atoms with Crippen LogP contribution in [-0.4, -0.2) is 30.5 Å². The average Bonchev–Trinajstić information content (AvgIpc) is 3.70. The second-order valence-electron chi connectivity index (χ2n) is 8.02. The van der Waals surface area contributed by atoms with Gasteiger partial charge in [0.15, 0.2) is 17.2 Å². The summed E-state index contributed by atoms with van der Waals surface area (Å²) in [6.45, 7) is 0. The summed E-state index contributed by atoms with van der Waals surface area (Å²) in [6.07, 6.45) is 7.58. The molecule has 0 spiro atoms. The maximum Gasteiger partial charge on any atom is 0.321 e. The number of aromatic nitrogens is 5. The van der Waals surface area contributed by atoms with E-state index < -0.39 is 17.0 Å². The standard InChI is InChI=1S/C24H18ClFN6O3/c25-20-19(7-8-28-23(20)27)35-24-29-10-13(11-30-24)9-18(33)21-22(34)17(12-32(31-21)16-5-6-16)14-1-3-15(26)4-2-14/h1-4,7-8,10-12,16H,5-6,9H2,(H2,27,28). The van der Waals surface area contributed by atoms with Crippen molar-refractivity contribution in [2.45, 2.75) is 25.3 Å². The fourth-order valence-corrected chi connectivity index (χ4v) is 3.58. The fourth-order valence-electron chi connectivity index (χ4n) is 3.43. The zero-order valence-corrected chi connectivity index (χ0v) is 18.9. The number of hydrogen-bond acceptors (Lipinski definition) is 8. The van der Waals surface area contributed by atoms with Gasteiger partial charge in [0.25, 0.3) is 0 Å². The van der Waals surface area contributed by atoms with E-state index in [-0.39, 0.29) is 40.8 Å². The Morgan fingerprint density at radius 2 is 1.86 bits per heavy atom. The van der Waals surface area contributed by atoms with Crippen molar-refractivity contribution in [1.82, 2.24) is 24.7 Å². The summed E-state index contributed by atoms with van der Waals surface area (Å²) in [6, 6.07) is 7.21. The predicted octanol–water partition coefficient (Wildman–Crippen LogP) is 4.02. The molecule has 176 valence electrons. The van der Waals surface area contributed by atoms with Gasteiger partial charge in [-0.3, -0.25) is 14.3 Å². The zero-order valence-electron chi connectivity index (χ0n) is 18.2. The number of carbonyl (C=O) groups excluding carboxylic acids is 1. The summed E-state index contributed by atoms with van der Waals surface area (Å²) in [4.78, 5) is 38.2. The first-order chi connectivity index (χ1) is 16.9. The highest BCUT2D eigenvalue weighted by Crippen LogP contribution is 2.34. The van der Waals surface area contributed by atoms with E-state index in [1.165, 1.54) is 48.9 Å². The molecule has 1 aliphatic rings. The third-order valence-corrected chi connectivity index (χ3v) is 5.79. The van der Waals surface area contributed by atoms with Crippen LogP contribution in [0.4, 0.5) is 10.2 Å². The monoisotopic (exact) mass is 492 g/mol. The molecule has 1 aromatic carbocycles. The smallest absolute Gasteiger partial charge is 0.321 e. The van der Waals surface area contributed by atoms with Gasteiger partial charge in [-0.05, 0) is 36.1 Å². The maximum atomic E-state index is 13.4. The lowest BCUT2D eigenvalue weighted by Crippen LogP contribution is -2.24. The summed E-state index contributed by atoms with van der Waals surface area (Å²) >= 11 is 6.06. The van der Waals surface area contributed by atoms with Gasteiger partial charge in [-0.25, -0.2) is 19.3 Å². The molecule has 0 aliphatic heterocycles. The Kier molecular flexibility index (Phi) is 5.96. The van der Waals surface area contributed by atoms with Crippen LogP contribution in [0.3, 0.4) is 0 Å². The molecule has 5 rings (SSSR count). The van der Waals surface area contributed by atoms with Crippen molar-refractivity contribution in [3.63, 3.8) is 0 Å². The summed E-state index contributed by atoms with van der Waals surface area (Å²) in [5, 5.41) is 4.44. The number of carbonyl (C=O) groups is 1. The minimum absolute atomic E-state index is 0.00113. The topological polar surface area (TPSA) is 126 Å². The lowest BCUT2D eigenvalue weighted by Gasteiger charge is -2.10. The number of anilines is 1. The lowest BCUT2D eigenvalue weighted by molar-refractivity contribution is 0.0984. The number of Topliss-reactive ketones (excluding diaryl/α,β-unsaturated/α-hetero) is 1. The van der Waals surface area contributed by atoms with E-state index >= 15 is 0 Å². The Hall–Kier alpha value is -4.18. The molecule has 0 bridgehead atoms. The fraction of sp³-hybridized carbons (Fsp3) is 0.167. The number of ether oxygens (including phenoxy) is 1. The van der Waals surface area contributed by atoms with E-state index in [2.05, 4.69) is 20.1 Å². The molecule has 3 heterocycles. The van der Waals surface area contributed by atoms with Crippen LogP contribution in [0.25, 0.3) is 11.1 Å². The molecule has 0 radical (unpaired) electrons. The van der Waals surface area contributed by atoms with Crippen molar-refractivity contribution in [3.8, 4) is 22.9 Å². The van der Waals surface area contributed by atoms with Crippen LogP contribution < -0.4 is 15.9 Å². The van der Waals surface area contributed by atoms with Crippen molar-refractivity contribution in [3.05, 3.63) is 87.4 Å². The number of halogens is 2. The van der Waals surface area contributed by atoms with Gasteiger partial charge in [0.2, 0.25) is 5.43 Å². The number of benzene rings is 1. The molecule has 0 atom stereocenters. The lowest BCUT2D eigenvalue weighted by atomic mass is 10.0. The molecule has 1 aliphatic carbocycles. The molecule has 3 aromatic heterocycles. The summed E-state index contributed by atoms with van der Waals surface area (Å²) in [5.74, 6) is -0.539. The van der Waals surface area contributed by atoms with Crippen LogP contribution in [-0.2, 0) is 6.42 Å². The van der Waals surface area contributed by atoms with Gasteiger partial charge in [-0.2, -0.15) is 5.10 Å². The van der Waals surface area contributed by atoms with E-state index in [1.807, 2.05) is 0 Å². The molecule has 2 N–H and O–H groups in total. The number of nitrogen functional groups attached to an aromatic ring is 1. The number of nitrogens with zero attached hydrogens (tertiary/aromatic N) is 5.